The van der Waals surface area contributed by atoms with Crippen molar-refractivity contribution in [2.75, 3.05) is 18.4 Å². The molecule has 1 heterocycles. The summed E-state index contributed by atoms with van der Waals surface area (Å²) in [6.45, 7) is 2.90. The minimum atomic E-state index is -4.75. The minimum absolute atomic E-state index is 0.160. The number of piperidine rings is 1. The Morgan fingerprint density at radius 3 is 2.28 bits per heavy atom. The van der Waals surface area contributed by atoms with E-state index in [1.54, 1.807) is 6.92 Å². The molecule has 0 saturated carbocycles. The molecule has 3 N–H and O–H groups in total. The summed E-state index contributed by atoms with van der Waals surface area (Å²) in [5.74, 6) is -1.11. The van der Waals surface area contributed by atoms with Crippen LogP contribution in [-0.2, 0) is 9.59 Å². The predicted molar refractivity (Wildman–Crippen MR) is 84.7 cm³/mol. The van der Waals surface area contributed by atoms with Crippen molar-refractivity contribution in [3.8, 4) is 5.75 Å². The summed E-state index contributed by atoms with van der Waals surface area (Å²) < 4.78 is 40.1. The second-order valence-corrected chi connectivity index (χ2v) is 5.95. The molecule has 0 spiro atoms. The summed E-state index contributed by atoms with van der Waals surface area (Å²) >= 11 is 0. The fourth-order valence-electron chi connectivity index (χ4n) is 2.72. The molecule has 1 atom stereocenters. The highest BCUT2D eigenvalue weighted by molar-refractivity contribution is 5.94. The molecular formula is C16H20F3N3O3. The van der Waals surface area contributed by atoms with E-state index in [0.717, 1.165) is 12.1 Å². The van der Waals surface area contributed by atoms with Gasteiger partial charge in [0.25, 0.3) is 0 Å². The van der Waals surface area contributed by atoms with E-state index >= 15 is 0 Å². The number of hydrogen-bond donors (Lipinski definition) is 2. The van der Waals surface area contributed by atoms with Crippen molar-refractivity contribution in [3.63, 3.8) is 0 Å². The summed E-state index contributed by atoms with van der Waals surface area (Å²) in [7, 11) is 0. The molecule has 0 radical (unpaired) electrons. The number of nitrogens with two attached hydrogens (primary N) is 1. The normalized spacial score (nSPS) is 17.8. The van der Waals surface area contributed by atoms with E-state index < -0.39 is 12.4 Å². The van der Waals surface area contributed by atoms with E-state index in [-0.39, 0.29) is 23.5 Å². The quantitative estimate of drug-likeness (QED) is 0.843. The molecule has 1 aliphatic rings. The van der Waals surface area contributed by atoms with Gasteiger partial charge in [-0.3, -0.25) is 14.5 Å². The molecular weight excluding hydrogens is 339 g/mol. The van der Waals surface area contributed by atoms with Gasteiger partial charge in [-0.25, -0.2) is 0 Å². The van der Waals surface area contributed by atoms with E-state index in [0.29, 0.717) is 31.6 Å². The van der Waals surface area contributed by atoms with Crippen molar-refractivity contribution < 1.29 is 27.5 Å². The van der Waals surface area contributed by atoms with Crippen LogP contribution in [0.15, 0.2) is 24.3 Å². The summed E-state index contributed by atoms with van der Waals surface area (Å²) in [5.41, 5.74) is 5.66. The largest absolute Gasteiger partial charge is 0.573 e. The number of alkyl halides is 3. The van der Waals surface area contributed by atoms with Crippen LogP contribution in [0.25, 0.3) is 0 Å². The summed E-state index contributed by atoms with van der Waals surface area (Å²) in [6.07, 6.45) is -3.54. The Bertz CT molecular complexity index is 611. The van der Waals surface area contributed by atoms with Crippen LogP contribution >= 0.6 is 0 Å². The van der Waals surface area contributed by atoms with Gasteiger partial charge in [-0.05, 0) is 57.1 Å². The first-order valence-corrected chi connectivity index (χ1v) is 7.86. The molecule has 2 rings (SSSR count). The van der Waals surface area contributed by atoms with Crippen LogP contribution in [0.2, 0.25) is 0 Å². The number of ether oxygens (including phenoxy) is 1. The Balaban J connectivity index is 1.88. The molecule has 138 valence electrons. The van der Waals surface area contributed by atoms with E-state index in [9.17, 15) is 22.8 Å². The molecule has 6 nitrogen and oxygen atoms in total. The number of hydrogen-bond acceptors (Lipinski definition) is 4. The number of nitrogens with one attached hydrogen (secondary N) is 1. The van der Waals surface area contributed by atoms with Crippen LogP contribution in [0.4, 0.5) is 18.9 Å². The van der Waals surface area contributed by atoms with Crippen LogP contribution in [0.1, 0.15) is 19.8 Å². The van der Waals surface area contributed by atoms with Crippen molar-refractivity contribution in [1.29, 1.82) is 0 Å². The smallest absolute Gasteiger partial charge is 0.406 e. The van der Waals surface area contributed by atoms with Gasteiger partial charge in [-0.15, -0.1) is 13.2 Å². The van der Waals surface area contributed by atoms with Crippen molar-refractivity contribution in [1.82, 2.24) is 4.90 Å². The molecule has 2 amide bonds. The molecule has 1 fully saturated rings. The highest BCUT2D eigenvalue weighted by Gasteiger charge is 2.31. The van der Waals surface area contributed by atoms with Gasteiger partial charge in [-0.1, -0.05) is 0 Å². The Morgan fingerprint density at radius 2 is 1.80 bits per heavy atom. The van der Waals surface area contributed by atoms with E-state index in [1.807, 2.05) is 4.90 Å². The number of carbonyl (C=O) groups is 2. The molecule has 0 aromatic heterocycles. The van der Waals surface area contributed by atoms with Gasteiger partial charge in [0, 0.05) is 11.6 Å². The second kappa shape index (κ2) is 7.73. The lowest BCUT2D eigenvalue weighted by molar-refractivity contribution is -0.274. The van der Waals surface area contributed by atoms with Crippen LogP contribution in [0.3, 0.4) is 0 Å². The van der Waals surface area contributed by atoms with Crippen molar-refractivity contribution in [3.05, 3.63) is 24.3 Å². The fraction of sp³-hybridized carbons (Fsp3) is 0.500. The maximum Gasteiger partial charge on any atom is 0.573 e. The molecule has 1 aromatic rings. The zero-order valence-corrected chi connectivity index (χ0v) is 13.7. The first-order chi connectivity index (χ1) is 11.7. The number of halogens is 3. The lowest BCUT2D eigenvalue weighted by Crippen LogP contribution is -2.47. The average molecular weight is 359 g/mol. The predicted octanol–water partition coefficient (Wildman–Crippen LogP) is 2.11. The molecule has 1 unspecified atom stereocenters. The molecule has 0 aliphatic carbocycles. The molecule has 9 heteroatoms. The summed E-state index contributed by atoms with van der Waals surface area (Å²) in [6, 6.07) is 4.51. The van der Waals surface area contributed by atoms with Crippen LogP contribution < -0.4 is 15.8 Å². The molecule has 0 bridgehead atoms. The third kappa shape index (κ3) is 5.63. The van der Waals surface area contributed by atoms with Crippen LogP contribution in [0, 0.1) is 5.92 Å². The lowest BCUT2D eigenvalue weighted by Gasteiger charge is -2.34. The van der Waals surface area contributed by atoms with Crippen LogP contribution in [-0.4, -0.2) is 42.2 Å². The Hall–Kier alpha value is -2.29. The Morgan fingerprint density at radius 1 is 1.24 bits per heavy atom. The van der Waals surface area contributed by atoms with Gasteiger partial charge in [0.05, 0.1) is 6.04 Å². The molecule has 1 saturated heterocycles. The zero-order valence-electron chi connectivity index (χ0n) is 13.7. The van der Waals surface area contributed by atoms with Crippen molar-refractivity contribution in [2.24, 2.45) is 11.7 Å². The standard InChI is InChI=1S/C16H20F3N3O3/c1-10(22-8-6-11(7-9-22)14(20)23)15(24)21-12-2-4-13(5-3-12)25-16(17,18)19/h2-5,10-11H,6-9H2,1H3,(H2,20,23)(H,21,24). The van der Waals surface area contributed by atoms with E-state index in [2.05, 4.69) is 10.1 Å². The maximum absolute atomic E-state index is 12.3. The van der Waals surface area contributed by atoms with E-state index in [1.165, 1.54) is 12.1 Å². The third-order valence-corrected chi connectivity index (χ3v) is 4.21. The van der Waals surface area contributed by atoms with Gasteiger partial charge < -0.3 is 15.8 Å². The van der Waals surface area contributed by atoms with E-state index in [4.69, 9.17) is 5.73 Å². The number of anilines is 1. The van der Waals surface area contributed by atoms with Gasteiger partial charge in [0.15, 0.2) is 0 Å². The van der Waals surface area contributed by atoms with Gasteiger partial charge >= 0.3 is 6.36 Å². The van der Waals surface area contributed by atoms with Crippen LogP contribution in [0.5, 0.6) is 5.75 Å². The topological polar surface area (TPSA) is 84.7 Å². The van der Waals surface area contributed by atoms with Crippen molar-refractivity contribution in [2.45, 2.75) is 32.2 Å². The Kier molecular flexibility index (Phi) is 5.89. The van der Waals surface area contributed by atoms with Gasteiger partial charge in [0.1, 0.15) is 5.75 Å². The number of primary amides is 1. The first-order valence-electron chi connectivity index (χ1n) is 7.86. The first kappa shape index (κ1) is 19.0. The molecule has 1 aromatic carbocycles. The van der Waals surface area contributed by atoms with Gasteiger partial charge in [0.2, 0.25) is 11.8 Å². The highest BCUT2D eigenvalue weighted by Crippen LogP contribution is 2.24. The number of nitrogens with zero attached hydrogens (tertiary/aromatic N) is 1. The monoisotopic (exact) mass is 359 g/mol. The zero-order chi connectivity index (χ0) is 18.6. The lowest BCUT2D eigenvalue weighted by atomic mass is 9.95. The average Bonchev–Trinajstić information content (AvgIpc) is 2.54. The number of carbonyl (C=O) groups excluding carboxylic acids is 2. The van der Waals surface area contributed by atoms with Crippen molar-refractivity contribution >= 4 is 17.5 Å². The maximum atomic E-state index is 12.3. The third-order valence-electron chi connectivity index (χ3n) is 4.21. The molecule has 25 heavy (non-hydrogen) atoms. The number of rotatable bonds is 5. The number of amides is 2. The highest BCUT2D eigenvalue weighted by atomic mass is 19.4. The Labute approximate surface area is 143 Å². The second-order valence-electron chi connectivity index (χ2n) is 5.95. The summed E-state index contributed by atoms with van der Waals surface area (Å²) in [5, 5.41) is 2.65. The molecule has 1 aliphatic heterocycles. The number of benzene rings is 1. The van der Waals surface area contributed by atoms with Gasteiger partial charge in [-0.2, -0.15) is 0 Å². The minimum Gasteiger partial charge on any atom is -0.406 e. The SMILES string of the molecule is CC(C(=O)Nc1ccc(OC(F)(F)F)cc1)N1CCC(C(N)=O)CC1. The fourth-order valence-corrected chi connectivity index (χ4v) is 2.72. The number of likely N-dealkylation sites (tertiary alicyclic amines) is 1. The summed E-state index contributed by atoms with van der Waals surface area (Å²) in [4.78, 5) is 25.4.